The monoisotopic (exact) mass is 379 g/mol. The Labute approximate surface area is 135 Å². The summed E-state index contributed by atoms with van der Waals surface area (Å²) in [6, 6.07) is 20.1. The highest BCUT2D eigenvalue weighted by Gasteiger charge is 2.10. The lowest BCUT2D eigenvalue weighted by atomic mass is 9.99. The van der Waals surface area contributed by atoms with Gasteiger partial charge in [-0.1, -0.05) is 49.4 Å². The van der Waals surface area contributed by atoms with E-state index in [-0.39, 0.29) is 0 Å². The van der Waals surface area contributed by atoms with Gasteiger partial charge < -0.3 is 5.32 Å². The van der Waals surface area contributed by atoms with Crippen molar-refractivity contribution >= 4 is 22.6 Å². The summed E-state index contributed by atoms with van der Waals surface area (Å²) < 4.78 is 1.30. The molecule has 20 heavy (non-hydrogen) atoms. The third kappa shape index (κ3) is 4.91. The lowest BCUT2D eigenvalue weighted by molar-refractivity contribution is 0.499. The lowest BCUT2D eigenvalue weighted by Crippen LogP contribution is -2.22. The van der Waals surface area contributed by atoms with Crippen LogP contribution in [0.4, 0.5) is 0 Å². The van der Waals surface area contributed by atoms with Crippen molar-refractivity contribution < 1.29 is 0 Å². The summed E-state index contributed by atoms with van der Waals surface area (Å²) in [6.07, 6.45) is 3.44. The largest absolute Gasteiger partial charge is 0.310 e. The van der Waals surface area contributed by atoms with Crippen molar-refractivity contribution in [2.45, 2.75) is 32.2 Å². The van der Waals surface area contributed by atoms with Crippen molar-refractivity contribution in [1.29, 1.82) is 0 Å². The molecule has 106 valence electrons. The summed E-state index contributed by atoms with van der Waals surface area (Å²) >= 11 is 2.36. The summed E-state index contributed by atoms with van der Waals surface area (Å²) in [5, 5.41) is 3.67. The first-order chi connectivity index (χ1) is 9.79. The highest BCUT2D eigenvalue weighted by Crippen LogP contribution is 2.20. The molecular weight excluding hydrogens is 357 g/mol. The summed E-state index contributed by atoms with van der Waals surface area (Å²) in [5.74, 6) is 0. The highest BCUT2D eigenvalue weighted by atomic mass is 127. The van der Waals surface area contributed by atoms with Crippen LogP contribution in [-0.4, -0.2) is 6.54 Å². The SMILES string of the molecule is CCCNC(CCc1ccccc1)c1ccc(I)cc1. The molecular formula is C18H22IN. The lowest BCUT2D eigenvalue weighted by Gasteiger charge is -2.19. The van der Waals surface area contributed by atoms with Gasteiger partial charge in [0.05, 0.1) is 0 Å². The zero-order valence-electron chi connectivity index (χ0n) is 12.0. The van der Waals surface area contributed by atoms with Gasteiger partial charge in [0.25, 0.3) is 0 Å². The van der Waals surface area contributed by atoms with Gasteiger partial charge in [-0.3, -0.25) is 0 Å². The molecule has 0 heterocycles. The first-order valence-corrected chi connectivity index (χ1v) is 8.40. The van der Waals surface area contributed by atoms with Crippen LogP contribution in [0, 0.1) is 3.57 Å². The molecule has 0 saturated heterocycles. The van der Waals surface area contributed by atoms with Crippen molar-refractivity contribution in [2.75, 3.05) is 6.54 Å². The van der Waals surface area contributed by atoms with Gasteiger partial charge in [-0.2, -0.15) is 0 Å². The van der Waals surface area contributed by atoms with E-state index in [9.17, 15) is 0 Å². The Morgan fingerprint density at radius 2 is 1.70 bits per heavy atom. The highest BCUT2D eigenvalue weighted by molar-refractivity contribution is 14.1. The number of aryl methyl sites for hydroxylation is 1. The number of hydrogen-bond donors (Lipinski definition) is 1. The number of halogens is 1. The molecule has 2 rings (SSSR count). The third-order valence-electron chi connectivity index (χ3n) is 3.48. The summed E-state index contributed by atoms with van der Waals surface area (Å²) in [5.41, 5.74) is 2.82. The normalized spacial score (nSPS) is 12.3. The van der Waals surface area contributed by atoms with Crippen LogP contribution in [-0.2, 0) is 6.42 Å². The molecule has 1 N–H and O–H groups in total. The molecule has 0 aliphatic heterocycles. The maximum atomic E-state index is 3.67. The predicted octanol–water partition coefficient (Wildman–Crippen LogP) is 4.96. The Kier molecular flexibility index (Phi) is 6.54. The molecule has 0 spiro atoms. The number of benzene rings is 2. The van der Waals surface area contributed by atoms with E-state index in [2.05, 4.69) is 89.4 Å². The molecule has 0 aliphatic rings. The fourth-order valence-corrected chi connectivity index (χ4v) is 2.72. The van der Waals surface area contributed by atoms with Crippen LogP contribution in [0.15, 0.2) is 54.6 Å². The van der Waals surface area contributed by atoms with Crippen molar-refractivity contribution in [1.82, 2.24) is 5.32 Å². The van der Waals surface area contributed by atoms with Gasteiger partial charge in [0.1, 0.15) is 0 Å². The summed E-state index contributed by atoms with van der Waals surface area (Å²) in [4.78, 5) is 0. The first-order valence-electron chi connectivity index (χ1n) is 7.32. The Hall–Kier alpha value is -0.870. The van der Waals surface area contributed by atoms with Crippen LogP contribution in [0.1, 0.15) is 36.9 Å². The Morgan fingerprint density at radius 3 is 2.35 bits per heavy atom. The molecule has 0 fully saturated rings. The second-order valence-corrected chi connectivity index (χ2v) is 6.33. The number of nitrogens with one attached hydrogen (secondary N) is 1. The van der Waals surface area contributed by atoms with Crippen LogP contribution in [0.25, 0.3) is 0 Å². The van der Waals surface area contributed by atoms with E-state index < -0.39 is 0 Å². The third-order valence-corrected chi connectivity index (χ3v) is 4.20. The molecule has 0 radical (unpaired) electrons. The maximum Gasteiger partial charge on any atom is 0.0323 e. The van der Waals surface area contributed by atoms with Crippen LogP contribution in [0.2, 0.25) is 0 Å². The molecule has 0 amide bonds. The predicted molar refractivity (Wildman–Crippen MR) is 95.0 cm³/mol. The van der Waals surface area contributed by atoms with Crippen LogP contribution in [0.5, 0.6) is 0 Å². The van der Waals surface area contributed by atoms with Crippen molar-refractivity contribution in [2.24, 2.45) is 0 Å². The minimum Gasteiger partial charge on any atom is -0.310 e. The van der Waals surface area contributed by atoms with Crippen LogP contribution < -0.4 is 5.32 Å². The zero-order chi connectivity index (χ0) is 14.2. The smallest absolute Gasteiger partial charge is 0.0323 e. The Balaban J connectivity index is 2.01. The van der Waals surface area contributed by atoms with Gasteiger partial charge in [-0.15, -0.1) is 0 Å². The second-order valence-electron chi connectivity index (χ2n) is 5.08. The summed E-state index contributed by atoms with van der Waals surface area (Å²) in [7, 11) is 0. The van der Waals surface area contributed by atoms with Gasteiger partial charge in [-0.05, 0) is 71.7 Å². The Morgan fingerprint density at radius 1 is 1.00 bits per heavy atom. The molecule has 1 nitrogen and oxygen atoms in total. The van der Waals surface area contributed by atoms with Gasteiger partial charge >= 0.3 is 0 Å². The van der Waals surface area contributed by atoms with E-state index in [1.807, 2.05) is 0 Å². The van der Waals surface area contributed by atoms with Crippen molar-refractivity contribution in [3.63, 3.8) is 0 Å². The molecule has 1 unspecified atom stereocenters. The zero-order valence-corrected chi connectivity index (χ0v) is 14.1. The van der Waals surface area contributed by atoms with Crippen molar-refractivity contribution in [3.8, 4) is 0 Å². The van der Waals surface area contributed by atoms with Crippen LogP contribution in [0.3, 0.4) is 0 Å². The summed E-state index contributed by atoms with van der Waals surface area (Å²) in [6.45, 7) is 3.29. The maximum absolute atomic E-state index is 3.67. The average molecular weight is 379 g/mol. The number of hydrogen-bond acceptors (Lipinski definition) is 1. The minimum absolute atomic E-state index is 0.451. The topological polar surface area (TPSA) is 12.0 Å². The average Bonchev–Trinajstić information content (AvgIpc) is 2.50. The molecule has 0 saturated carbocycles. The molecule has 2 heteroatoms. The fraction of sp³-hybridized carbons (Fsp3) is 0.333. The van der Waals surface area contributed by atoms with Gasteiger partial charge in [0.15, 0.2) is 0 Å². The molecule has 0 aliphatic carbocycles. The van der Waals surface area contributed by atoms with E-state index in [0.717, 1.165) is 19.4 Å². The van der Waals surface area contributed by atoms with E-state index in [1.54, 1.807) is 0 Å². The van der Waals surface area contributed by atoms with Gasteiger partial charge in [0, 0.05) is 9.61 Å². The second kappa shape index (κ2) is 8.42. The van der Waals surface area contributed by atoms with E-state index in [1.165, 1.54) is 21.1 Å². The molecule has 0 bridgehead atoms. The van der Waals surface area contributed by atoms with Crippen molar-refractivity contribution in [3.05, 3.63) is 69.3 Å². The first kappa shape index (κ1) is 15.5. The number of rotatable bonds is 7. The van der Waals surface area contributed by atoms with E-state index >= 15 is 0 Å². The standard InChI is InChI=1S/C18H22IN/c1-2-14-20-18(16-9-11-17(19)12-10-16)13-8-15-6-4-3-5-7-15/h3-7,9-12,18,20H,2,8,13-14H2,1H3. The minimum atomic E-state index is 0.451. The fourth-order valence-electron chi connectivity index (χ4n) is 2.36. The molecule has 2 aromatic rings. The molecule has 2 aromatic carbocycles. The van der Waals surface area contributed by atoms with Crippen LogP contribution >= 0.6 is 22.6 Å². The van der Waals surface area contributed by atoms with E-state index in [0.29, 0.717) is 6.04 Å². The van der Waals surface area contributed by atoms with Gasteiger partial charge in [-0.25, -0.2) is 0 Å². The van der Waals surface area contributed by atoms with Gasteiger partial charge in [0.2, 0.25) is 0 Å². The quantitative estimate of drug-likeness (QED) is 0.671. The molecule has 0 aromatic heterocycles. The molecule has 1 atom stereocenters. The Bertz CT molecular complexity index is 493. The van der Waals surface area contributed by atoms with E-state index in [4.69, 9.17) is 0 Å².